The third-order valence-electron chi connectivity index (χ3n) is 3.75. The molecule has 1 aliphatic rings. The minimum absolute atomic E-state index is 0.705. The maximum Gasteiger partial charge on any atom is 0.129 e. The molecule has 0 aliphatic heterocycles. The average Bonchev–Trinajstić information content (AvgIpc) is 2.92. The second-order valence-corrected chi connectivity index (χ2v) is 4.99. The van der Waals surface area contributed by atoms with E-state index in [1.54, 1.807) is 0 Å². The van der Waals surface area contributed by atoms with E-state index in [0.29, 0.717) is 6.04 Å². The van der Waals surface area contributed by atoms with E-state index in [4.69, 9.17) is 4.98 Å². The third-order valence-corrected chi connectivity index (χ3v) is 3.75. The van der Waals surface area contributed by atoms with Gasteiger partial charge in [-0.2, -0.15) is 0 Å². The molecule has 2 rings (SSSR count). The Morgan fingerprint density at radius 3 is 2.72 bits per heavy atom. The molecule has 0 aromatic carbocycles. The first-order chi connectivity index (χ1) is 8.85. The maximum atomic E-state index is 4.79. The molecular weight excluding hydrogens is 222 g/mol. The Labute approximate surface area is 111 Å². The highest BCUT2D eigenvalue weighted by Crippen LogP contribution is 2.26. The van der Waals surface area contributed by atoms with Crippen molar-refractivity contribution in [2.45, 2.75) is 52.1 Å². The number of pyridine rings is 1. The van der Waals surface area contributed by atoms with Gasteiger partial charge in [-0.25, -0.2) is 4.98 Å². The fourth-order valence-electron chi connectivity index (χ4n) is 2.80. The number of hydrogen-bond acceptors (Lipinski definition) is 3. The number of nitrogens with zero attached hydrogens (tertiary/aromatic N) is 2. The summed E-state index contributed by atoms with van der Waals surface area (Å²) in [6.07, 6.45) is 5.40. The molecule has 3 nitrogen and oxygen atoms in total. The fourth-order valence-corrected chi connectivity index (χ4v) is 2.80. The quantitative estimate of drug-likeness (QED) is 0.837. The van der Waals surface area contributed by atoms with Crippen LogP contribution in [0.5, 0.6) is 0 Å². The molecule has 1 saturated carbocycles. The Balaban J connectivity index is 2.09. The minimum Gasteiger partial charge on any atom is -0.354 e. The normalized spacial score (nSPS) is 16.1. The zero-order valence-electron chi connectivity index (χ0n) is 11.7. The highest BCUT2D eigenvalue weighted by Gasteiger charge is 2.22. The van der Waals surface area contributed by atoms with E-state index < -0.39 is 0 Å². The van der Waals surface area contributed by atoms with Crippen molar-refractivity contribution in [2.24, 2.45) is 0 Å². The van der Waals surface area contributed by atoms with Gasteiger partial charge in [0.1, 0.15) is 5.82 Å². The van der Waals surface area contributed by atoms with Gasteiger partial charge in [-0.3, -0.25) is 0 Å². The zero-order chi connectivity index (χ0) is 12.8. The first-order valence-corrected chi connectivity index (χ1v) is 7.28. The van der Waals surface area contributed by atoms with Gasteiger partial charge < -0.3 is 10.2 Å². The average molecular weight is 247 g/mol. The molecule has 1 heterocycles. The predicted octanol–water partition coefficient (Wildman–Crippen LogP) is 2.96. The lowest BCUT2D eigenvalue weighted by Crippen LogP contribution is -2.33. The second kappa shape index (κ2) is 6.74. The Morgan fingerprint density at radius 2 is 2.06 bits per heavy atom. The van der Waals surface area contributed by atoms with Gasteiger partial charge in [0, 0.05) is 19.1 Å². The zero-order valence-corrected chi connectivity index (χ0v) is 11.7. The molecule has 0 radical (unpaired) electrons. The van der Waals surface area contributed by atoms with Crippen LogP contribution < -0.4 is 10.2 Å². The maximum absolute atomic E-state index is 4.79. The Hall–Kier alpha value is -1.09. The Morgan fingerprint density at radius 1 is 1.28 bits per heavy atom. The van der Waals surface area contributed by atoms with E-state index in [9.17, 15) is 0 Å². The molecule has 0 spiro atoms. The summed E-state index contributed by atoms with van der Waals surface area (Å²) < 4.78 is 0. The van der Waals surface area contributed by atoms with Crippen LogP contribution in [0.25, 0.3) is 0 Å². The Kier molecular flexibility index (Phi) is 5.00. The lowest BCUT2D eigenvalue weighted by molar-refractivity contribution is 0.610. The Bertz CT molecular complexity index is 359. The highest BCUT2D eigenvalue weighted by molar-refractivity contribution is 5.40. The summed E-state index contributed by atoms with van der Waals surface area (Å²) in [5.74, 6) is 1.15. The lowest BCUT2D eigenvalue weighted by Gasteiger charge is -2.29. The molecule has 0 saturated heterocycles. The van der Waals surface area contributed by atoms with Gasteiger partial charge in [0.2, 0.25) is 0 Å². The first kappa shape index (κ1) is 13.3. The van der Waals surface area contributed by atoms with E-state index in [0.717, 1.165) is 31.1 Å². The number of hydrogen-bond donors (Lipinski definition) is 1. The molecule has 18 heavy (non-hydrogen) atoms. The van der Waals surface area contributed by atoms with Crippen molar-refractivity contribution in [1.82, 2.24) is 10.3 Å². The van der Waals surface area contributed by atoms with Gasteiger partial charge >= 0.3 is 0 Å². The molecule has 1 aliphatic carbocycles. The molecule has 3 heteroatoms. The van der Waals surface area contributed by atoms with Crippen LogP contribution in [0.4, 0.5) is 5.82 Å². The van der Waals surface area contributed by atoms with Crippen LogP contribution in [0.2, 0.25) is 0 Å². The van der Waals surface area contributed by atoms with Crippen LogP contribution >= 0.6 is 0 Å². The van der Waals surface area contributed by atoms with Gasteiger partial charge in [-0.15, -0.1) is 0 Å². The summed E-state index contributed by atoms with van der Waals surface area (Å²) in [4.78, 5) is 7.26. The molecule has 0 amide bonds. The number of anilines is 1. The molecule has 0 bridgehead atoms. The fraction of sp³-hybridized carbons (Fsp3) is 0.667. The van der Waals surface area contributed by atoms with Crippen LogP contribution in [0, 0.1) is 0 Å². The number of aromatic nitrogens is 1. The summed E-state index contributed by atoms with van der Waals surface area (Å²) in [6.45, 7) is 7.28. The molecule has 0 unspecified atom stereocenters. The summed E-state index contributed by atoms with van der Waals surface area (Å²) in [5.41, 5.74) is 1.14. The molecule has 1 aromatic heterocycles. The van der Waals surface area contributed by atoms with E-state index in [2.05, 4.69) is 42.3 Å². The third kappa shape index (κ3) is 3.22. The summed E-state index contributed by atoms with van der Waals surface area (Å²) >= 11 is 0. The first-order valence-electron chi connectivity index (χ1n) is 7.28. The minimum atomic E-state index is 0.705. The van der Waals surface area contributed by atoms with Crippen molar-refractivity contribution >= 4 is 5.82 Å². The van der Waals surface area contributed by atoms with Gasteiger partial charge in [0.15, 0.2) is 0 Å². The number of nitrogens with one attached hydrogen (secondary N) is 1. The van der Waals surface area contributed by atoms with Crippen LogP contribution in [-0.4, -0.2) is 24.1 Å². The van der Waals surface area contributed by atoms with Crippen molar-refractivity contribution in [3.63, 3.8) is 0 Å². The summed E-state index contributed by atoms with van der Waals surface area (Å²) in [6, 6.07) is 7.09. The van der Waals surface area contributed by atoms with Gasteiger partial charge in [-0.05, 0) is 38.4 Å². The van der Waals surface area contributed by atoms with E-state index in [1.807, 2.05) is 0 Å². The predicted molar refractivity (Wildman–Crippen MR) is 76.9 cm³/mol. The van der Waals surface area contributed by atoms with Crippen molar-refractivity contribution in [2.75, 3.05) is 18.0 Å². The largest absolute Gasteiger partial charge is 0.354 e. The van der Waals surface area contributed by atoms with E-state index in [1.165, 1.54) is 25.7 Å². The number of rotatable bonds is 6. The van der Waals surface area contributed by atoms with Crippen molar-refractivity contribution in [3.8, 4) is 0 Å². The molecule has 100 valence electrons. The van der Waals surface area contributed by atoms with Crippen LogP contribution in [0.1, 0.15) is 45.2 Å². The SMILES string of the molecule is CCNCc1cccc(N(CC)C2CCCC2)n1. The second-order valence-electron chi connectivity index (χ2n) is 4.99. The van der Waals surface area contributed by atoms with E-state index in [-0.39, 0.29) is 0 Å². The molecule has 1 N–H and O–H groups in total. The summed E-state index contributed by atoms with van der Waals surface area (Å²) in [5, 5.41) is 3.34. The van der Waals surface area contributed by atoms with Crippen molar-refractivity contribution in [1.29, 1.82) is 0 Å². The standard InChI is InChI=1S/C15H25N3/c1-3-16-12-13-8-7-11-15(17-13)18(4-2)14-9-5-6-10-14/h7-8,11,14,16H,3-6,9-10,12H2,1-2H3. The van der Waals surface area contributed by atoms with E-state index >= 15 is 0 Å². The summed E-state index contributed by atoms with van der Waals surface area (Å²) in [7, 11) is 0. The topological polar surface area (TPSA) is 28.2 Å². The van der Waals surface area contributed by atoms with Crippen molar-refractivity contribution in [3.05, 3.63) is 23.9 Å². The van der Waals surface area contributed by atoms with Crippen molar-refractivity contribution < 1.29 is 0 Å². The van der Waals surface area contributed by atoms with Gasteiger partial charge in [0.05, 0.1) is 5.69 Å². The van der Waals surface area contributed by atoms with Gasteiger partial charge in [0.25, 0.3) is 0 Å². The molecule has 1 fully saturated rings. The molecule has 1 aromatic rings. The van der Waals surface area contributed by atoms with Crippen LogP contribution in [0.15, 0.2) is 18.2 Å². The highest BCUT2D eigenvalue weighted by atomic mass is 15.2. The molecule has 0 atom stereocenters. The molecular formula is C15H25N3. The smallest absolute Gasteiger partial charge is 0.129 e. The van der Waals surface area contributed by atoms with Crippen LogP contribution in [-0.2, 0) is 6.54 Å². The monoisotopic (exact) mass is 247 g/mol. The van der Waals surface area contributed by atoms with Gasteiger partial charge in [-0.1, -0.05) is 25.8 Å². The van der Waals surface area contributed by atoms with Crippen LogP contribution in [0.3, 0.4) is 0 Å². The lowest BCUT2D eigenvalue weighted by atomic mass is 10.2.